The topological polar surface area (TPSA) is 128 Å². The summed E-state index contributed by atoms with van der Waals surface area (Å²) < 4.78 is 29.3. The van der Waals surface area contributed by atoms with E-state index in [0.29, 0.717) is 11.5 Å². The maximum Gasteiger partial charge on any atom is 0.293 e. The van der Waals surface area contributed by atoms with Crippen molar-refractivity contribution in [3.8, 4) is 11.5 Å². The highest BCUT2D eigenvalue weighted by molar-refractivity contribution is 7.90. The number of para-hydroxylation sites is 2. The molecule has 1 amide bonds. The van der Waals surface area contributed by atoms with Gasteiger partial charge in [0.1, 0.15) is 17.2 Å². The average molecular weight is 468 g/mol. The molecule has 4 rings (SSSR count). The molecule has 0 aliphatic carbocycles. The maximum absolute atomic E-state index is 13.1. The van der Waals surface area contributed by atoms with Crippen molar-refractivity contribution in [3.05, 3.63) is 88.0 Å². The first-order valence-electron chi connectivity index (χ1n) is 10.1. The van der Waals surface area contributed by atoms with Crippen molar-refractivity contribution in [2.75, 3.05) is 24.7 Å². The molecule has 33 heavy (non-hydrogen) atoms. The van der Waals surface area contributed by atoms with Gasteiger partial charge in [-0.15, -0.1) is 0 Å². The summed E-state index contributed by atoms with van der Waals surface area (Å²) in [4.78, 5) is 23.7. The standard InChI is InChI=1S/C23H21N3O6S/c1-33(30,31)15-10-11-18(19(14-15)26(28)29)24-12-13-25-23(27)22-16-6-2-4-8-20(16)32-21-9-5-3-7-17(21)22/h2-11,14,22,24H,12-13H2,1H3,(H,25,27). The summed E-state index contributed by atoms with van der Waals surface area (Å²) in [7, 11) is -3.57. The third kappa shape index (κ3) is 4.65. The molecule has 9 nitrogen and oxygen atoms in total. The zero-order chi connectivity index (χ0) is 23.6. The molecular formula is C23H21N3O6S. The highest BCUT2D eigenvalue weighted by Crippen LogP contribution is 2.43. The van der Waals surface area contributed by atoms with Gasteiger partial charge in [0, 0.05) is 36.5 Å². The van der Waals surface area contributed by atoms with E-state index in [1.807, 2.05) is 48.5 Å². The fourth-order valence-electron chi connectivity index (χ4n) is 3.72. The number of carbonyl (C=O) groups is 1. The maximum atomic E-state index is 13.1. The minimum absolute atomic E-state index is 0.134. The van der Waals surface area contributed by atoms with Gasteiger partial charge in [-0.1, -0.05) is 36.4 Å². The van der Waals surface area contributed by atoms with E-state index < -0.39 is 20.7 Å². The quantitative estimate of drug-likeness (QED) is 0.309. The van der Waals surface area contributed by atoms with Crippen molar-refractivity contribution >= 4 is 27.1 Å². The van der Waals surface area contributed by atoms with E-state index in [2.05, 4.69) is 10.6 Å². The largest absolute Gasteiger partial charge is 0.457 e. The van der Waals surface area contributed by atoms with Gasteiger partial charge in [-0.3, -0.25) is 14.9 Å². The minimum atomic E-state index is -3.57. The summed E-state index contributed by atoms with van der Waals surface area (Å²) >= 11 is 0. The van der Waals surface area contributed by atoms with Crippen LogP contribution < -0.4 is 15.4 Å². The Morgan fingerprint density at radius 1 is 1.00 bits per heavy atom. The molecule has 0 fully saturated rings. The van der Waals surface area contributed by atoms with Crippen LogP contribution in [0.25, 0.3) is 0 Å². The van der Waals surface area contributed by atoms with Gasteiger partial charge in [0.05, 0.1) is 15.7 Å². The molecule has 0 saturated carbocycles. The van der Waals surface area contributed by atoms with Crippen molar-refractivity contribution in [1.29, 1.82) is 0 Å². The van der Waals surface area contributed by atoms with Gasteiger partial charge in [0.2, 0.25) is 5.91 Å². The Morgan fingerprint density at radius 3 is 2.18 bits per heavy atom. The van der Waals surface area contributed by atoms with Crippen LogP contribution in [0.2, 0.25) is 0 Å². The molecule has 0 aromatic heterocycles. The number of benzene rings is 3. The summed E-state index contributed by atoms with van der Waals surface area (Å²) in [5.41, 5.74) is 1.34. The molecule has 0 spiro atoms. The second-order valence-corrected chi connectivity index (χ2v) is 9.55. The third-order valence-corrected chi connectivity index (χ3v) is 6.39. The van der Waals surface area contributed by atoms with Gasteiger partial charge in [0.15, 0.2) is 9.84 Å². The predicted octanol–water partition coefficient (Wildman–Crippen LogP) is 3.46. The van der Waals surface area contributed by atoms with Crippen LogP contribution in [0, 0.1) is 10.1 Å². The van der Waals surface area contributed by atoms with Crippen LogP contribution in [0.1, 0.15) is 17.0 Å². The molecule has 1 heterocycles. The zero-order valence-electron chi connectivity index (χ0n) is 17.6. The van der Waals surface area contributed by atoms with Crippen LogP contribution >= 0.6 is 0 Å². The fraction of sp³-hybridized carbons (Fsp3) is 0.174. The van der Waals surface area contributed by atoms with E-state index in [0.717, 1.165) is 23.4 Å². The van der Waals surface area contributed by atoms with Crippen molar-refractivity contribution in [3.63, 3.8) is 0 Å². The number of anilines is 1. The number of nitro groups is 1. The van der Waals surface area contributed by atoms with Crippen LogP contribution in [0.5, 0.6) is 11.5 Å². The van der Waals surface area contributed by atoms with Gasteiger partial charge < -0.3 is 15.4 Å². The molecule has 3 aromatic rings. The average Bonchev–Trinajstić information content (AvgIpc) is 2.79. The monoisotopic (exact) mass is 467 g/mol. The molecule has 0 saturated heterocycles. The number of sulfone groups is 1. The number of nitrogens with zero attached hydrogens (tertiary/aromatic N) is 1. The summed E-state index contributed by atoms with van der Waals surface area (Å²) in [6, 6.07) is 18.4. The second kappa shape index (κ2) is 8.91. The van der Waals surface area contributed by atoms with Crippen molar-refractivity contribution in [1.82, 2.24) is 5.32 Å². The Bertz CT molecular complexity index is 1290. The lowest BCUT2D eigenvalue weighted by atomic mass is 9.87. The van der Waals surface area contributed by atoms with E-state index in [1.54, 1.807) is 0 Å². The van der Waals surface area contributed by atoms with Crippen LogP contribution in [0.3, 0.4) is 0 Å². The summed E-state index contributed by atoms with van der Waals surface area (Å²) in [5, 5.41) is 17.1. The molecule has 170 valence electrons. The lowest BCUT2D eigenvalue weighted by Crippen LogP contribution is -2.34. The number of rotatable bonds is 7. The Hall–Kier alpha value is -3.92. The molecule has 1 aliphatic heterocycles. The third-order valence-electron chi connectivity index (χ3n) is 5.28. The normalized spacial score (nSPS) is 12.8. The first-order chi connectivity index (χ1) is 15.8. The molecule has 3 aromatic carbocycles. The zero-order valence-corrected chi connectivity index (χ0v) is 18.5. The summed E-state index contributed by atoms with van der Waals surface area (Å²) in [6.07, 6.45) is 0.987. The Labute approximate surface area is 190 Å². The first kappa shape index (κ1) is 22.3. The molecule has 0 unspecified atom stereocenters. The SMILES string of the molecule is CS(=O)(=O)c1ccc(NCCNC(=O)C2c3ccccc3Oc3ccccc32)c([N+](=O)[O-])c1. The number of ether oxygens (including phenoxy) is 1. The van der Waals surface area contributed by atoms with Crippen molar-refractivity contribution in [2.45, 2.75) is 10.8 Å². The lowest BCUT2D eigenvalue weighted by Gasteiger charge is -2.27. The van der Waals surface area contributed by atoms with E-state index in [-0.39, 0.29) is 35.3 Å². The summed E-state index contributed by atoms with van der Waals surface area (Å²) in [5.74, 6) is 0.476. The highest BCUT2D eigenvalue weighted by Gasteiger charge is 2.32. The van der Waals surface area contributed by atoms with Gasteiger partial charge in [-0.2, -0.15) is 0 Å². The van der Waals surface area contributed by atoms with Crippen LogP contribution in [-0.2, 0) is 14.6 Å². The van der Waals surface area contributed by atoms with E-state index in [4.69, 9.17) is 4.74 Å². The number of fused-ring (bicyclic) bond motifs is 2. The number of hydrogen-bond acceptors (Lipinski definition) is 7. The van der Waals surface area contributed by atoms with Crippen molar-refractivity contribution < 1.29 is 22.9 Å². The van der Waals surface area contributed by atoms with E-state index >= 15 is 0 Å². The highest BCUT2D eigenvalue weighted by atomic mass is 32.2. The number of nitro benzene ring substituents is 1. The summed E-state index contributed by atoms with van der Waals surface area (Å²) in [6.45, 7) is 0.406. The molecule has 0 radical (unpaired) electrons. The second-order valence-electron chi connectivity index (χ2n) is 7.54. The van der Waals surface area contributed by atoms with Gasteiger partial charge in [-0.25, -0.2) is 8.42 Å². The van der Waals surface area contributed by atoms with Crippen LogP contribution in [-0.4, -0.2) is 38.6 Å². The molecule has 0 atom stereocenters. The van der Waals surface area contributed by atoms with Gasteiger partial charge in [0.25, 0.3) is 5.69 Å². The molecule has 1 aliphatic rings. The Morgan fingerprint density at radius 2 is 1.61 bits per heavy atom. The first-order valence-corrected chi connectivity index (χ1v) is 12.0. The number of nitrogens with one attached hydrogen (secondary N) is 2. The van der Waals surface area contributed by atoms with Crippen LogP contribution in [0.4, 0.5) is 11.4 Å². The fourth-order valence-corrected chi connectivity index (χ4v) is 4.36. The lowest BCUT2D eigenvalue weighted by molar-refractivity contribution is -0.384. The Kier molecular flexibility index (Phi) is 6.01. The van der Waals surface area contributed by atoms with E-state index in [1.165, 1.54) is 12.1 Å². The molecule has 10 heteroatoms. The van der Waals surface area contributed by atoms with E-state index in [9.17, 15) is 23.3 Å². The molecular weight excluding hydrogens is 446 g/mol. The van der Waals surface area contributed by atoms with Crippen LogP contribution in [0.15, 0.2) is 71.6 Å². The minimum Gasteiger partial charge on any atom is -0.457 e. The smallest absolute Gasteiger partial charge is 0.293 e. The number of amides is 1. The Balaban J connectivity index is 1.46. The van der Waals surface area contributed by atoms with Gasteiger partial charge in [-0.05, 0) is 24.3 Å². The molecule has 0 bridgehead atoms. The number of carbonyl (C=O) groups excluding carboxylic acids is 1. The molecule has 2 N–H and O–H groups in total. The predicted molar refractivity (Wildman–Crippen MR) is 123 cm³/mol. The number of hydrogen-bond donors (Lipinski definition) is 2. The van der Waals surface area contributed by atoms with Gasteiger partial charge >= 0.3 is 0 Å². The van der Waals surface area contributed by atoms with Crippen molar-refractivity contribution in [2.24, 2.45) is 0 Å².